The third kappa shape index (κ3) is 18.2. The van der Waals surface area contributed by atoms with Gasteiger partial charge in [-0.2, -0.15) is 0 Å². The second-order valence-corrected chi connectivity index (χ2v) is 10.2. The Kier molecular flexibility index (Phi) is 18.8. The maximum atomic E-state index is 12.2. The molecule has 47 heavy (non-hydrogen) atoms. The van der Waals surface area contributed by atoms with Crippen molar-refractivity contribution in [1.29, 1.82) is 0 Å². The van der Waals surface area contributed by atoms with Gasteiger partial charge in [0.2, 0.25) is 0 Å². The summed E-state index contributed by atoms with van der Waals surface area (Å²) < 4.78 is 43.3. The number of rotatable bonds is 24. The molecule has 2 unspecified atom stereocenters. The maximum Gasteiger partial charge on any atom is 0.407 e. The Labute approximate surface area is 275 Å². The van der Waals surface area contributed by atoms with Crippen molar-refractivity contribution in [2.75, 3.05) is 66.0 Å². The summed E-state index contributed by atoms with van der Waals surface area (Å²) in [5, 5.41) is 12.5. The molecule has 0 aliphatic rings. The molecule has 13 heteroatoms. The van der Waals surface area contributed by atoms with Gasteiger partial charge in [0, 0.05) is 17.7 Å². The fourth-order valence-corrected chi connectivity index (χ4v) is 3.41. The number of aliphatic hydroxyl groups excluding tert-OH is 1. The molecule has 258 valence electrons. The van der Waals surface area contributed by atoms with E-state index in [9.17, 15) is 19.5 Å². The summed E-state index contributed by atoms with van der Waals surface area (Å²) in [6.45, 7) is 11.3. The quantitative estimate of drug-likeness (QED) is 0.0731. The summed E-state index contributed by atoms with van der Waals surface area (Å²) in [6.07, 6.45) is -2.01. The van der Waals surface area contributed by atoms with Gasteiger partial charge < -0.3 is 48.3 Å². The summed E-state index contributed by atoms with van der Waals surface area (Å²) in [6, 6.07) is 16.2. The lowest BCUT2D eigenvalue weighted by Crippen LogP contribution is -2.35. The first-order valence-electron chi connectivity index (χ1n) is 15.1. The first-order chi connectivity index (χ1) is 22.6. The van der Waals surface area contributed by atoms with Gasteiger partial charge in [0.25, 0.3) is 0 Å². The van der Waals surface area contributed by atoms with Crippen LogP contribution in [0.15, 0.2) is 78.9 Å². The van der Waals surface area contributed by atoms with Crippen molar-refractivity contribution in [3.63, 3.8) is 0 Å². The molecule has 2 aromatic carbocycles. The number of carbonyl (C=O) groups is 3. The van der Waals surface area contributed by atoms with Crippen LogP contribution >= 0.6 is 0 Å². The molecule has 13 nitrogen and oxygen atoms in total. The van der Waals surface area contributed by atoms with Gasteiger partial charge in [-0.25, -0.2) is 14.4 Å². The molecule has 2 atom stereocenters. The van der Waals surface area contributed by atoms with Gasteiger partial charge in [0.05, 0.1) is 33.0 Å². The van der Waals surface area contributed by atoms with Gasteiger partial charge in [0.1, 0.15) is 49.8 Å². The molecule has 2 N–H and O–H groups in total. The van der Waals surface area contributed by atoms with E-state index in [1.807, 2.05) is 30.3 Å². The monoisotopic (exact) mass is 659 g/mol. The maximum absolute atomic E-state index is 12.2. The molecule has 0 heterocycles. The van der Waals surface area contributed by atoms with E-state index in [4.69, 9.17) is 37.9 Å². The number of esters is 2. The lowest BCUT2D eigenvalue weighted by molar-refractivity contribution is -0.143. The van der Waals surface area contributed by atoms with Crippen molar-refractivity contribution in [1.82, 2.24) is 5.32 Å². The number of alkyl carbamates (subject to hydrolysis) is 1. The average molecular weight is 660 g/mol. The zero-order valence-electron chi connectivity index (χ0n) is 27.0. The molecular formula is C34H45NO12. The van der Waals surface area contributed by atoms with E-state index in [0.29, 0.717) is 36.9 Å². The molecule has 1 amide bonds. The van der Waals surface area contributed by atoms with Crippen LogP contribution in [-0.2, 0) is 33.3 Å². The zero-order valence-corrected chi connectivity index (χ0v) is 27.0. The molecule has 0 aliphatic heterocycles. The van der Waals surface area contributed by atoms with Crippen LogP contribution in [0.3, 0.4) is 0 Å². The Hall–Kier alpha value is -4.59. The van der Waals surface area contributed by atoms with Gasteiger partial charge in [-0.05, 0) is 56.7 Å². The first-order valence-corrected chi connectivity index (χ1v) is 15.1. The Bertz CT molecular complexity index is 1240. The van der Waals surface area contributed by atoms with Gasteiger partial charge in [-0.1, -0.05) is 31.4 Å². The molecule has 0 fully saturated rings. The van der Waals surface area contributed by atoms with Crippen molar-refractivity contribution < 1.29 is 57.4 Å². The van der Waals surface area contributed by atoms with Crippen molar-refractivity contribution in [2.24, 2.45) is 0 Å². The van der Waals surface area contributed by atoms with Crippen molar-refractivity contribution in [3.8, 4) is 17.2 Å². The number of para-hydroxylation sites is 1. The summed E-state index contributed by atoms with van der Waals surface area (Å²) in [7, 11) is 0. The smallest absolute Gasteiger partial charge is 0.407 e. The highest BCUT2D eigenvalue weighted by molar-refractivity contribution is 5.87. The molecule has 0 saturated heterocycles. The molecule has 0 radical (unpaired) electrons. The molecule has 2 rings (SSSR count). The number of aliphatic hydroxyl groups is 1. The third-order valence-corrected chi connectivity index (χ3v) is 5.81. The van der Waals surface area contributed by atoms with Gasteiger partial charge in [-0.15, -0.1) is 0 Å². The van der Waals surface area contributed by atoms with Crippen molar-refractivity contribution >= 4 is 18.0 Å². The predicted molar refractivity (Wildman–Crippen MR) is 171 cm³/mol. The molecule has 0 saturated carbocycles. The number of nitrogens with one attached hydrogen (secondary N) is 1. The Balaban J connectivity index is 1.61. The minimum absolute atomic E-state index is 0.0532. The van der Waals surface area contributed by atoms with Crippen LogP contribution in [0.4, 0.5) is 4.79 Å². The normalized spacial score (nSPS) is 11.8. The predicted octanol–water partition coefficient (Wildman–Crippen LogP) is 3.64. The van der Waals surface area contributed by atoms with E-state index >= 15 is 0 Å². The first kappa shape index (κ1) is 38.6. The molecule has 0 bridgehead atoms. The van der Waals surface area contributed by atoms with Crippen LogP contribution in [-0.4, -0.2) is 101 Å². The number of hydrogen-bond donors (Lipinski definition) is 2. The Morgan fingerprint density at radius 3 is 1.83 bits per heavy atom. The Morgan fingerprint density at radius 2 is 1.23 bits per heavy atom. The van der Waals surface area contributed by atoms with Crippen molar-refractivity contribution in [2.45, 2.75) is 32.5 Å². The summed E-state index contributed by atoms with van der Waals surface area (Å²) >= 11 is 0. The molecule has 0 aliphatic carbocycles. The van der Waals surface area contributed by atoms with E-state index in [1.165, 1.54) is 6.92 Å². The van der Waals surface area contributed by atoms with Crippen LogP contribution in [0.5, 0.6) is 17.2 Å². The number of ether oxygens (including phenoxy) is 8. The second kappa shape index (κ2) is 22.8. The highest BCUT2D eigenvalue weighted by Gasteiger charge is 2.18. The largest absolute Gasteiger partial charge is 0.491 e. The van der Waals surface area contributed by atoms with E-state index in [1.54, 1.807) is 31.2 Å². The number of benzene rings is 2. The molecule has 2 aromatic rings. The third-order valence-electron chi connectivity index (χ3n) is 5.81. The average Bonchev–Trinajstić information content (AvgIpc) is 3.06. The Morgan fingerprint density at radius 1 is 0.681 bits per heavy atom. The number of hydrogen-bond acceptors (Lipinski definition) is 12. The van der Waals surface area contributed by atoms with Crippen LogP contribution in [0.1, 0.15) is 20.3 Å². The van der Waals surface area contributed by atoms with E-state index in [2.05, 4.69) is 18.5 Å². The van der Waals surface area contributed by atoms with E-state index in [0.717, 1.165) is 0 Å². The highest BCUT2D eigenvalue weighted by Crippen LogP contribution is 2.17. The molecular weight excluding hydrogens is 614 g/mol. The molecule has 0 aromatic heterocycles. The highest BCUT2D eigenvalue weighted by atomic mass is 16.6. The van der Waals surface area contributed by atoms with Crippen LogP contribution in [0.2, 0.25) is 0 Å². The van der Waals surface area contributed by atoms with Crippen LogP contribution in [0.25, 0.3) is 0 Å². The summed E-state index contributed by atoms with van der Waals surface area (Å²) in [5.41, 5.74) is 0.494. The van der Waals surface area contributed by atoms with Gasteiger partial charge in [0.15, 0.2) is 6.10 Å². The number of carbonyl (C=O) groups excluding carboxylic acids is 3. The summed E-state index contributed by atoms with van der Waals surface area (Å²) in [4.78, 5) is 35.4. The van der Waals surface area contributed by atoms with Gasteiger partial charge >= 0.3 is 18.0 Å². The SMILES string of the molecule is C=C(C)C(=O)OCCCNC(=O)OC(COCCOc1ccc(OCCOCC(O)COc2ccccc2)cc1)COC(=O)C(=C)C. The van der Waals surface area contributed by atoms with Crippen molar-refractivity contribution in [3.05, 3.63) is 78.9 Å². The van der Waals surface area contributed by atoms with E-state index in [-0.39, 0.29) is 63.9 Å². The lowest BCUT2D eigenvalue weighted by atomic mass is 10.3. The minimum Gasteiger partial charge on any atom is -0.491 e. The standard InChI is InChI=1S/C34H45NO12/c1-25(2)32(37)44-16-8-15-35-34(39)47-31(24-46-33(38)26(3)4)23-41-18-20-43-30-13-11-29(12-14-30)42-19-17-40-21-27(36)22-45-28-9-6-5-7-10-28/h5-7,9-14,27,31,36H,1,3,8,15-24H2,2,4H3,(H,35,39). The van der Waals surface area contributed by atoms with E-state index < -0.39 is 30.2 Å². The molecule has 0 spiro atoms. The van der Waals surface area contributed by atoms with Gasteiger partial charge in [-0.3, -0.25) is 0 Å². The zero-order chi connectivity index (χ0) is 34.3. The fraction of sp³-hybridized carbons (Fsp3) is 0.441. The van der Waals surface area contributed by atoms with Crippen LogP contribution in [0, 0.1) is 0 Å². The second-order valence-electron chi connectivity index (χ2n) is 10.2. The van der Waals surface area contributed by atoms with Crippen LogP contribution < -0.4 is 19.5 Å². The minimum atomic E-state index is -0.883. The lowest BCUT2D eigenvalue weighted by Gasteiger charge is -2.18. The fourth-order valence-electron chi connectivity index (χ4n) is 3.41. The number of amides is 1. The summed E-state index contributed by atoms with van der Waals surface area (Å²) in [5.74, 6) is 0.779. The topological polar surface area (TPSA) is 157 Å².